The molecule has 0 fully saturated rings. The maximum Gasteiger partial charge on any atom is 0.387 e. The lowest BCUT2D eigenvalue weighted by Crippen LogP contribution is -2.15. The largest absolute Gasteiger partial charge is 0.433 e. The number of ether oxygens (including phenoxy) is 1. The van der Waals surface area contributed by atoms with Crippen LogP contribution >= 0.6 is 31.9 Å². The average molecular weight is 345 g/mol. The van der Waals surface area contributed by atoms with Crippen molar-refractivity contribution >= 4 is 37.8 Å². The fourth-order valence-electron chi connectivity index (χ4n) is 0.967. The molecule has 1 amide bonds. The Bertz CT molecular complexity index is 398. The summed E-state index contributed by atoms with van der Waals surface area (Å²) in [5.41, 5.74) is 4.92. The van der Waals surface area contributed by atoms with E-state index in [-0.39, 0.29) is 15.8 Å². The Morgan fingerprint density at radius 1 is 1.33 bits per heavy atom. The second kappa shape index (κ2) is 4.89. The number of carbonyl (C=O) groups is 1. The summed E-state index contributed by atoms with van der Waals surface area (Å²) in [5.74, 6) is -1.12. The summed E-state index contributed by atoms with van der Waals surface area (Å²) in [5, 5.41) is 0. The van der Waals surface area contributed by atoms with E-state index in [0.717, 1.165) is 0 Å². The summed E-state index contributed by atoms with van der Waals surface area (Å²) in [6, 6.07) is 2.97. The van der Waals surface area contributed by atoms with Gasteiger partial charge in [0, 0.05) is 4.47 Å². The average Bonchev–Trinajstić information content (AvgIpc) is 2.10. The third-order valence-electron chi connectivity index (χ3n) is 1.51. The minimum absolute atomic E-state index is 0.121. The van der Waals surface area contributed by atoms with Crippen LogP contribution in [0.1, 0.15) is 10.4 Å². The fraction of sp³-hybridized carbons (Fsp3) is 0.125. The van der Waals surface area contributed by atoms with Gasteiger partial charge < -0.3 is 10.5 Å². The van der Waals surface area contributed by atoms with Gasteiger partial charge in [-0.3, -0.25) is 4.79 Å². The summed E-state index contributed by atoms with van der Waals surface area (Å²) in [6.07, 6.45) is 0. The first-order valence-corrected chi connectivity index (χ1v) is 5.24. The number of rotatable bonds is 3. The van der Waals surface area contributed by atoms with Crippen molar-refractivity contribution in [1.29, 1.82) is 0 Å². The topological polar surface area (TPSA) is 52.3 Å². The van der Waals surface area contributed by atoms with Crippen LogP contribution in [0, 0.1) is 0 Å². The summed E-state index contributed by atoms with van der Waals surface area (Å²) >= 11 is 6.02. The van der Waals surface area contributed by atoms with E-state index in [4.69, 9.17) is 5.73 Å². The number of primary amides is 1. The lowest BCUT2D eigenvalue weighted by molar-refractivity contribution is -0.0506. The number of nitrogens with two attached hydrogens (primary N) is 1. The lowest BCUT2D eigenvalue weighted by Gasteiger charge is -2.11. The van der Waals surface area contributed by atoms with Crippen molar-refractivity contribution in [3.05, 3.63) is 26.6 Å². The Morgan fingerprint density at radius 2 is 1.87 bits per heavy atom. The van der Waals surface area contributed by atoms with Gasteiger partial charge in [0.15, 0.2) is 5.75 Å². The Labute approximate surface area is 101 Å². The minimum Gasteiger partial charge on any atom is -0.433 e. The van der Waals surface area contributed by atoms with Crippen molar-refractivity contribution in [3.8, 4) is 5.75 Å². The van der Waals surface area contributed by atoms with Crippen molar-refractivity contribution in [1.82, 2.24) is 0 Å². The molecule has 0 atom stereocenters. The molecule has 3 nitrogen and oxygen atoms in total. The van der Waals surface area contributed by atoms with Crippen molar-refractivity contribution in [2.45, 2.75) is 6.61 Å². The number of hydrogen-bond donors (Lipinski definition) is 1. The number of halogens is 4. The van der Waals surface area contributed by atoms with Gasteiger partial charge in [0.25, 0.3) is 5.91 Å². The predicted molar refractivity (Wildman–Crippen MR) is 57.0 cm³/mol. The quantitative estimate of drug-likeness (QED) is 0.916. The zero-order chi connectivity index (χ0) is 11.6. The third-order valence-corrected chi connectivity index (χ3v) is 2.80. The number of amides is 1. The number of benzene rings is 1. The fourth-order valence-corrected chi connectivity index (χ4v) is 1.90. The molecule has 1 aromatic carbocycles. The van der Waals surface area contributed by atoms with Crippen LogP contribution in [0.4, 0.5) is 8.78 Å². The minimum atomic E-state index is -3.02. The smallest absolute Gasteiger partial charge is 0.387 e. The second-order valence-corrected chi connectivity index (χ2v) is 4.18. The molecule has 82 valence electrons. The SMILES string of the molecule is NC(=O)c1c(Br)ccc(Br)c1OC(F)F. The van der Waals surface area contributed by atoms with Gasteiger partial charge in [0.1, 0.15) is 0 Å². The maximum atomic E-state index is 12.1. The molecular formula is C8H5Br2F2NO2. The highest BCUT2D eigenvalue weighted by Crippen LogP contribution is 2.35. The molecule has 0 unspecified atom stereocenters. The van der Waals surface area contributed by atoms with Gasteiger partial charge in [-0.1, -0.05) is 0 Å². The molecule has 1 rings (SSSR count). The van der Waals surface area contributed by atoms with E-state index in [0.29, 0.717) is 4.47 Å². The van der Waals surface area contributed by atoms with Gasteiger partial charge in [-0.25, -0.2) is 0 Å². The van der Waals surface area contributed by atoms with E-state index in [1.165, 1.54) is 12.1 Å². The highest BCUT2D eigenvalue weighted by molar-refractivity contribution is 9.11. The van der Waals surface area contributed by atoms with Gasteiger partial charge in [0.2, 0.25) is 0 Å². The van der Waals surface area contributed by atoms with Crippen LogP contribution in [0.25, 0.3) is 0 Å². The van der Waals surface area contributed by atoms with Crippen molar-refractivity contribution in [2.75, 3.05) is 0 Å². The molecule has 1 aromatic rings. The van der Waals surface area contributed by atoms with Crippen molar-refractivity contribution in [3.63, 3.8) is 0 Å². The molecule has 0 saturated heterocycles. The Kier molecular flexibility index (Phi) is 4.04. The Morgan fingerprint density at radius 3 is 2.33 bits per heavy atom. The van der Waals surface area contributed by atoms with Crippen molar-refractivity contribution in [2.24, 2.45) is 5.73 Å². The first kappa shape index (κ1) is 12.4. The van der Waals surface area contributed by atoms with E-state index >= 15 is 0 Å². The van der Waals surface area contributed by atoms with E-state index in [1.54, 1.807) is 0 Å². The van der Waals surface area contributed by atoms with Gasteiger partial charge >= 0.3 is 6.61 Å². The van der Waals surface area contributed by atoms with E-state index in [2.05, 4.69) is 36.6 Å². The zero-order valence-corrected chi connectivity index (χ0v) is 10.3. The molecule has 0 aliphatic heterocycles. The van der Waals surface area contributed by atoms with Gasteiger partial charge in [-0.05, 0) is 44.0 Å². The molecular weight excluding hydrogens is 340 g/mol. The number of carbonyl (C=O) groups excluding carboxylic acids is 1. The van der Waals surface area contributed by atoms with Gasteiger partial charge in [0.05, 0.1) is 10.0 Å². The van der Waals surface area contributed by atoms with Gasteiger partial charge in [-0.15, -0.1) is 0 Å². The van der Waals surface area contributed by atoms with Crippen LogP contribution < -0.4 is 10.5 Å². The Hall–Kier alpha value is -0.690. The molecule has 2 N–H and O–H groups in total. The molecule has 0 aliphatic carbocycles. The summed E-state index contributed by atoms with van der Waals surface area (Å²) in [7, 11) is 0. The summed E-state index contributed by atoms with van der Waals surface area (Å²) in [4.78, 5) is 11.0. The molecule has 0 aromatic heterocycles. The van der Waals surface area contributed by atoms with E-state index in [1.807, 2.05) is 0 Å². The molecule has 0 radical (unpaired) electrons. The molecule has 0 heterocycles. The van der Waals surface area contributed by atoms with Crippen molar-refractivity contribution < 1.29 is 18.3 Å². The van der Waals surface area contributed by atoms with Crippen LogP contribution in [0.5, 0.6) is 5.75 Å². The normalized spacial score (nSPS) is 10.5. The summed E-state index contributed by atoms with van der Waals surface area (Å²) in [6.45, 7) is -3.02. The first-order valence-electron chi connectivity index (χ1n) is 3.66. The second-order valence-electron chi connectivity index (χ2n) is 2.48. The molecule has 7 heteroatoms. The Balaban J connectivity index is 3.31. The molecule has 15 heavy (non-hydrogen) atoms. The number of hydrogen-bond acceptors (Lipinski definition) is 2. The highest BCUT2D eigenvalue weighted by atomic mass is 79.9. The zero-order valence-electron chi connectivity index (χ0n) is 7.14. The monoisotopic (exact) mass is 343 g/mol. The van der Waals surface area contributed by atoms with E-state index < -0.39 is 12.5 Å². The third kappa shape index (κ3) is 2.88. The highest BCUT2D eigenvalue weighted by Gasteiger charge is 2.19. The van der Waals surface area contributed by atoms with Crippen LogP contribution in [-0.4, -0.2) is 12.5 Å². The predicted octanol–water partition coefficient (Wildman–Crippen LogP) is 2.91. The number of alkyl halides is 2. The molecule has 0 spiro atoms. The first-order chi connectivity index (χ1) is 6.93. The van der Waals surface area contributed by atoms with E-state index in [9.17, 15) is 13.6 Å². The maximum absolute atomic E-state index is 12.1. The molecule has 0 aliphatic rings. The van der Waals surface area contributed by atoms with Crippen LogP contribution in [-0.2, 0) is 0 Å². The standard InChI is InChI=1S/C8H5Br2F2NO2/c9-3-1-2-4(10)6(15-8(11)12)5(3)7(13)14/h1-2,8H,(H2,13,14). The summed E-state index contributed by atoms with van der Waals surface area (Å²) < 4.78 is 28.9. The van der Waals surface area contributed by atoms with Gasteiger partial charge in [-0.2, -0.15) is 8.78 Å². The van der Waals surface area contributed by atoms with Crippen LogP contribution in [0.2, 0.25) is 0 Å². The lowest BCUT2D eigenvalue weighted by atomic mass is 10.2. The van der Waals surface area contributed by atoms with Crippen LogP contribution in [0.15, 0.2) is 21.1 Å². The molecule has 0 bridgehead atoms. The molecule has 0 saturated carbocycles. The van der Waals surface area contributed by atoms with Crippen LogP contribution in [0.3, 0.4) is 0 Å².